The fraction of sp³-hybridized carbons (Fsp3) is 0.167. The molecule has 0 saturated carbocycles. The molecule has 0 radical (unpaired) electrons. The van der Waals surface area contributed by atoms with E-state index in [4.69, 9.17) is 0 Å². The molecule has 4 heteroatoms. The van der Waals surface area contributed by atoms with Crippen LogP contribution in [0.15, 0.2) is 48.5 Å². The lowest BCUT2D eigenvalue weighted by Crippen LogP contribution is -2.39. The van der Waals surface area contributed by atoms with Gasteiger partial charge in [-0.3, -0.25) is 4.79 Å². The highest BCUT2D eigenvalue weighted by molar-refractivity contribution is 6.09. The largest absolute Gasteiger partial charge is 0.371 e. The summed E-state index contributed by atoms with van der Waals surface area (Å²) in [5.41, 5.74) is 2.15. The van der Waals surface area contributed by atoms with Crippen molar-refractivity contribution < 1.29 is 9.90 Å². The Morgan fingerprint density at radius 3 is 2.68 bits per heavy atom. The van der Waals surface area contributed by atoms with Crippen LogP contribution in [0.2, 0.25) is 0 Å². The van der Waals surface area contributed by atoms with E-state index in [1.54, 1.807) is 7.05 Å². The Bertz CT molecular complexity index is 879. The molecule has 1 unspecified atom stereocenters. The number of para-hydroxylation sites is 1. The van der Waals surface area contributed by atoms with Crippen molar-refractivity contribution in [3.05, 3.63) is 65.4 Å². The summed E-state index contributed by atoms with van der Waals surface area (Å²) in [5.74, 6) is -0.334. The molecule has 4 nitrogen and oxygen atoms in total. The first-order chi connectivity index (χ1) is 10.5. The maximum atomic E-state index is 12.7. The second-order valence-corrected chi connectivity index (χ2v) is 5.87. The third-order valence-electron chi connectivity index (χ3n) is 4.44. The number of amides is 1. The van der Waals surface area contributed by atoms with E-state index in [9.17, 15) is 9.90 Å². The zero-order valence-corrected chi connectivity index (χ0v) is 12.4. The van der Waals surface area contributed by atoms with E-state index in [2.05, 4.69) is 4.98 Å². The quantitative estimate of drug-likeness (QED) is 0.724. The molecular weight excluding hydrogens is 276 g/mol. The van der Waals surface area contributed by atoms with Crippen LogP contribution >= 0.6 is 0 Å². The SMILES string of the molecule is Cc1ccc2c(c1)C(O)(c1cc3ccccc3[nH]1)C(=O)N2C. The first-order valence-corrected chi connectivity index (χ1v) is 7.21. The standard InChI is InChI=1S/C18H16N2O2/c1-11-7-8-15-13(9-11)18(22,17(21)20(15)2)16-10-12-5-3-4-6-14(12)19-16/h3-10,19,22H,1-2H3. The van der Waals surface area contributed by atoms with Crippen LogP contribution in [0.25, 0.3) is 10.9 Å². The second-order valence-electron chi connectivity index (χ2n) is 5.87. The minimum absolute atomic E-state index is 0.334. The smallest absolute Gasteiger partial charge is 0.269 e. The highest BCUT2D eigenvalue weighted by atomic mass is 16.3. The highest BCUT2D eigenvalue weighted by Crippen LogP contribution is 2.44. The molecule has 0 saturated heterocycles. The van der Waals surface area contributed by atoms with E-state index in [-0.39, 0.29) is 5.91 Å². The number of carbonyl (C=O) groups is 1. The summed E-state index contributed by atoms with van der Waals surface area (Å²) in [7, 11) is 1.69. The fourth-order valence-corrected chi connectivity index (χ4v) is 3.23. The molecule has 0 aliphatic carbocycles. The molecule has 2 heterocycles. The molecule has 0 bridgehead atoms. The molecule has 1 amide bonds. The predicted molar refractivity (Wildman–Crippen MR) is 85.9 cm³/mol. The third-order valence-corrected chi connectivity index (χ3v) is 4.44. The number of anilines is 1. The van der Waals surface area contributed by atoms with Gasteiger partial charge in [0, 0.05) is 18.1 Å². The van der Waals surface area contributed by atoms with Gasteiger partial charge in [-0.1, -0.05) is 35.9 Å². The number of nitrogens with one attached hydrogen (secondary N) is 1. The molecule has 110 valence electrons. The van der Waals surface area contributed by atoms with Crippen LogP contribution < -0.4 is 4.90 Å². The lowest BCUT2D eigenvalue weighted by molar-refractivity contribution is -0.132. The normalized spacial score (nSPS) is 20.7. The molecule has 0 fully saturated rings. The summed E-state index contributed by atoms with van der Waals surface area (Å²) in [5, 5.41) is 12.2. The van der Waals surface area contributed by atoms with Crippen LogP contribution in [0.4, 0.5) is 5.69 Å². The first kappa shape index (κ1) is 13.1. The van der Waals surface area contributed by atoms with E-state index < -0.39 is 5.60 Å². The number of aromatic nitrogens is 1. The number of rotatable bonds is 1. The van der Waals surface area contributed by atoms with Crippen LogP contribution in [0.5, 0.6) is 0 Å². The Labute approximate surface area is 128 Å². The summed E-state index contributed by atoms with van der Waals surface area (Å²) >= 11 is 0. The number of aromatic amines is 1. The van der Waals surface area contributed by atoms with E-state index in [1.165, 1.54) is 4.90 Å². The van der Waals surface area contributed by atoms with Crippen molar-refractivity contribution in [2.24, 2.45) is 0 Å². The number of nitrogens with zero attached hydrogens (tertiary/aromatic N) is 1. The van der Waals surface area contributed by atoms with Gasteiger partial charge in [0.1, 0.15) is 0 Å². The molecule has 1 atom stereocenters. The summed E-state index contributed by atoms with van der Waals surface area (Å²) in [4.78, 5) is 17.4. The molecule has 3 aromatic rings. The molecule has 22 heavy (non-hydrogen) atoms. The van der Waals surface area contributed by atoms with Crippen LogP contribution in [0, 0.1) is 6.92 Å². The summed E-state index contributed by atoms with van der Waals surface area (Å²) < 4.78 is 0. The van der Waals surface area contributed by atoms with Crippen molar-refractivity contribution in [3.8, 4) is 0 Å². The monoisotopic (exact) mass is 292 g/mol. The Kier molecular flexibility index (Phi) is 2.51. The Hall–Kier alpha value is -2.59. The number of carbonyl (C=O) groups excluding carboxylic acids is 1. The number of hydrogen-bond donors (Lipinski definition) is 2. The molecule has 2 N–H and O–H groups in total. The molecular formula is C18H16N2O2. The van der Waals surface area contributed by atoms with Gasteiger partial charge in [-0.2, -0.15) is 0 Å². The lowest BCUT2D eigenvalue weighted by Gasteiger charge is -2.20. The van der Waals surface area contributed by atoms with Crippen molar-refractivity contribution in [2.75, 3.05) is 11.9 Å². The summed E-state index contributed by atoms with van der Waals surface area (Å²) in [6.45, 7) is 1.95. The third kappa shape index (κ3) is 1.53. The Morgan fingerprint density at radius 2 is 1.91 bits per heavy atom. The molecule has 1 aromatic heterocycles. The van der Waals surface area contributed by atoms with Crippen molar-refractivity contribution in [2.45, 2.75) is 12.5 Å². The van der Waals surface area contributed by atoms with E-state index in [1.807, 2.05) is 55.5 Å². The average molecular weight is 292 g/mol. The number of fused-ring (bicyclic) bond motifs is 2. The minimum atomic E-state index is -1.66. The van der Waals surface area contributed by atoms with Gasteiger partial charge >= 0.3 is 0 Å². The topological polar surface area (TPSA) is 56.3 Å². The van der Waals surface area contributed by atoms with Crippen molar-refractivity contribution >= 4 is 22.5 Å². The number of aryl methyl sites for hydroxylation is 1. The molecule has 0 spiro atoms. The van der Waals surface area contributed by atoms with Gasteiger partial charge in [0.15, 0.2) is 0 Å². The van der Waals surface area contributed by atoms with Crippen LogP contribution in [-0.4, -0.2) is 23.0 Å². The number of H-pyrrole nitrogens is 1. The van der Waals surface area contributed by atoms with Gasteiger partial charge in [-0.15, -0.1) is 0 Å². The molecule has 1 aliphatic heterocycles. The maximum absolute atomic E-state index is 12.7. The number of benzene rings is 2. The van der Waals surface area contributed by atoms with Gasteiger partial charge in [0.25, 0.3) is 5.91 Å². The van der Waals surface area contributed by atoms with Gasteiger partial charge in [-0.05, 0) is 30.5 Å². The van der Waals surface area contributed by atoms with E-state index >= 15 is 0 Å². The van der Waals surface area contributed by atoms with Crippen LogP contribution in [0.3, 0.4) is 0 Å². The van der Waals surface area contributed by atoms with Gasteiger partial charge in [0.05, 0.1) is 11.4 Å². The maximum Gasteiger partial charge on any atom is 0.269 e. The first-order valence-electron chi connectivity index (χ1n) is 7.21. The Morgan fingerprint density at radius 1 is 1.14 bits per heavy atom. The minimum Gasteiger partial charge on any atom is -0.371 e. The second kappa shape index (κ2) is 4.21. The summed E-state index contributed by atoms with van der Waals surface area (Å²) in [6, 6.07) is 15.3. The molecule has 2 aromatic carbocycles. The van der Waals surface area contributed by atoms with Crippen LogP contribution in [0.1, 0.15) is 16.8 Å². The highest BCUT2D eigenvalue weighted by Gasteiger charge is 2.50. The Balaban J connectivity index is 2.00. The lowest BCUT2D eigenvalue weighted by atomic mass is 9.91. The average Bonchev–Trinajstić information content (AvgIpc) is 3.03. The number of hydrogen-bond acceptors (Lipinski definition) is 2. The molecule has 1 aliphatic rings. The van der Waals surface area contributed by atoms with Crippen molar-refractivity contribution in [1.29, 1.82) is 0 Å². The predicted octanol–water partition coefficient (Wildman–Crippen LogP) is 2.69. The van der Waals surface area contributed by atoms with Crippen LogP contribution in [-0.2, 0) is 10.4 Å². The van der Waals surface area contributed by atoms with Crippen molar-refractivity contribution in [3.63, 3.8) is 0 Å². The number of likely N-dealkylation sites (N-methyl/N-ethyl adjacent to an activating group) is 1. The fourth-order valence-electron chi connectivity index (χ4n) is 3.23. The zero-order valence-electron chi connectivity index (χ0n) is 12.4. The number of aliphatic hydroxyl groups is 1. The zero-order chi connectivity index (χ0) is 15.5. The van der Waals surface area contributed by atoms with Gasteiger partial charge in [0.2, 0.25) is 5.60 Å². The van der Waals surface area contributed by atoms with E-state index in [0.29, 0.717) is 11.3 Å². The van der Waals surface area contributed by atoms with E-state index in [0.717, 1.165) is 22.2 Å². The van der Waals surface area contributed by atoms with Gasteiger partial charge < -0.3 is 15.0 Å². The summed E-state index contributed by atoms with van der Waals surface area (Å²) in [6.07, 6.45) is 0. The van der Waals surface area contributed by atoms with Gasteiger partial charge in [-0.25, -0.2) is 0 Å². The molecule has 4 rings (SSSR count). The van der Waals surface area contributed by atoms with Crippen molar-refractivity contribution in [1.82, 2.24) is 4.98 Å².